The van der Waals surface area contributed by atoms with Crippen molar-refractivity contribution in [3.8, 4) is 11.5 Å². The predicted octanol–water partition coefficient (Wildman–Crippen LogP) is 4.69. The number of carbonyl (C=O) groups excluding carboxylic acids is 2. The highest BCUT2D eigenvalue weighted by atomic mass is 16.5. The van der Waals surface area contributed by atoms with Crippen LogP contribution in [-0.2, 0) is 16.1 Å². The van der Waals surface area contributed by atoms with Gasteiger partial charge in [0.25, 0.3) is 0 Å². The number of carbonyl (C=O) groups is 2. The number of methoxy groups -OCH3 is 2. The van der Waals surface area contributed by atoms with Gasteiger partial charge in [-0.2, -0.15) is 0 Å². The third-order valence-electron chi connectivity index (χ3n) is 6.51. The molecule has 1 atom stereocenters. The summed E-state index contributed by atoms with van der Waals surface area (Å²) in [6.45, 7) is 6.56. The molecule has 0 radical (unpaired) electrons. The summed E-state index contributed by atoms with van der Waals surface area (Å²) in [5.74, 6) is 0.792. The van der Waals surface area contributed by atoms with Crippen molar-refractivity contribution in [2.24, 2.45) is 5.92 Å². The molecule has 9 heteroatoms. The zero-order valence-electron chi connectivity index (χ0n) is 23.0. The van der Waals surface area contributed by atoms with E-state index in [0.717, 1.165) is 17.5 Å². The average molecular weight is 530 g/mol. The normalized spacial score (nSPS) is 11.8. The Morgan fingerprint density at radius 2 is 1.64 bits per heavy atom. The molecule has 39 heavy (non-hydrogen) atoms. The van der Waals surface area contributed by atoms with Crippen LogP contribution in [0.3, 0.4) is 0 Å². The largest absolute Gasteiger partial charge is 0.497 e. The summed E-state index contributed by atoms with van der Waals surface area (Å²) >= 11 is 0. The molecule has 1 N–H and O–H groups in total. The van der Waals surface area contributed by atoms with Crippen molar-refractivity contribution in [1.29, 1.82) is 0 Å². The Hall–Kier alpha value is -4.40. The second-order valence-electron chi connectivity index (χ2n) is 9.86. The fraction of sp³-hybridized carbons (Fsp3) is 0.333. The molecule has 0 bridgehead atoms. The number of ether oxygens (including phenoxy) is 2. The van der Waals surface area contributed by atoms with Crippen molar-refractivity contribution >= 4 is 28.5 Å². The van der Waals surface area contributed by atoms with Crippen molar-refractivity contribution in [2.75, 3.05) is 25.7 Å². The van der Waals surface area contributed by atoms with Crippen LogP contribution < -0.4 is 19.7 Å². The van der Waals surface area contributed by atoms with Crippen molar-refractivity contribution < 1.29 is 19.1 Å². The topological polar surface area (TPSA) is 98.6 Å². The maximum Gasteiger partial charge on any atom is 0.249 e. The van der Waals surface area contributed by atoms with Crippen LogP contribution in [0.1, 0.15) is 37.4 Å². The van der Waals surface area contributed by atoms with Gasteiger partial charge in [0.1, 0.15) is 29.6 Å². The fourth-order valence-electron chi connectivity index (χ4n) is 4.35. The van der Waals surface area contributed by atoms with Gasteiger partial charge in [0.05, 0.1) is 25.4 Å². The van der Waals surface area contributed by atoms with Gasteiger partial charge in [-0.1, -0.05) is 61.0 Å². The van der Waals surface area contributed by atoms with E-state index >= 15 is 0 Å². The summed E-state index contributed by atoms with van der Waals surface area (Å²) in [4.78, 5) is 29.5. The Balaban J connectivity index is 1.83. The molecule has 4 rings (SSSR count). The second-order valence-corrected chi connectivity index (χ2v) is 9.86. The molecule has 0 aliphatic heterocycles. The van der Waals surface area contributed by atoms with Gasteiger partial charge in [-0.3, -0.25) is 14.5 Å². The van der Waals surface area contributed by atoms with E-state index in [4.69, 9.17) is 9.47 Å². The molecule has 1 heterocycles. The molecule has 0 saturated carbocycles. The number of fused-ring (bicyclic) bond motifs is 1. The lowest BCUT2D eigenvalue weighted by Gasteiger charge is -2.32. The van der Waals surface area contributed by atoms with Crippen LogP contribution in [-0.4, -0.2) is 47.6 Å². The number of para-hydroxylation sites is 1. The van der Waals surface area contributed by atoms with Gasteiger partial charge in [-0.15, -0.1) is 5.10 Å². The molecule has 3 aromatic carbocycles. The summed E-state index contributed by atoms with van der Waals surface area (Å²) in [6, 6.07) is 19.3. The minimum Gasteiger partial charge on any atom is -0.497 e. The third-order valence-corrected chi connectivity index (χ3v) is 6.51. The van der Waals surface area contributed by atoms with Crippen LogP contribution in [0, 0.1) is 12.8 Å². The number of nitrogens with zero attached hydrogens (tertiary/aromatic N) is 4. The monoisotopic (exact) mass is 529 g/mol. The van der Waals surface area contributed by atoms with Gasteiger partial charge in [0.15, 0.2) is 0 Å². The molecule has 2 amide bonds. The number of amides is 2. The molecule has 0 saturated heterocycles. The van der Waals surface area contributed by atoms with Crippen molar-refractivity contribution in [3.05, 3.63) is 77.9 Å². The smallest absolute Gasteiger partial charge is 0.249 e. The van der Waals surface area contributed by atoms with E-state index < -0.39 is 6.04 Å². The minimum atomic E-state index is -0.947. The fourth-order valence-corrected chi connectivity index (χ4v) is 4.35. The zero-order chi connectivity index (χ0) is 27.9. The van der Waals surface area contributed by atoms with E-state index in [1.165, 1.54) is 4.90 Å². The van der Waals surface area contributed by atoms with Gasteiger partial charge in [-0.05, 0) is 37.0 Å². The molecule has 1 unspecified atom stereocenters. The molecule has 4 aromatic rings. The van der Waals surface area contributed by atoms with Crippen LogP contribution >= 0.6 is 0 Å². The molecular weight excluding hydrogens is 494 g/mol. The number of rotatable bonds is 11. The van der Waals surface area contributed by atoms with Crippen LogP contribution in [0.2, 0.25) is 0 Å². The maximum atomic E-state index is 14.2. The highest BCUT2D eigenvalue weighted by Crippen LogP contribution is 2.34. The molecule has 0 fully saturated rings. The third kappa shape index (κ3) is 6.54. The number of nitrogens with one attached hydrogen (secondary N) is 1. The molecular formula is C30H35N5O4. The Morgan fingerprint density at radius 1 is 0.974 bits per heavy atom. The van der Waals surface area contributed by atoms with Gasteiger partial charge >= 0.3 is 0 Å². The number of aromatic nitrogens is 3. The second kappa shape index (κ2) is 12.4. The summed E-state index contributed by atoms with van der Waals surface area (Å²) in [7, 11) is 3.09. The van der Waals surface area contributed by atoms with Crippen molar-refractivity contribution in [1.82, 2.24) is 20.3 Å². The molecule has 0 aliphatic rings. The molecule has 1 aromatic heterocycles. The first-order valence-electron chi connectivity index (χ1n) is 13.0. The van der Waals surface area contributed by atoms with Crippen LogP contribution in [0.15, 0.2) is 66.7 Å². The van der Waals surface area contributed by atoms with Crippen molar-refractivity contribution in [3.63, 3.8) is 0 Å². The van der Waals surface area contributed by atoms with Gasteiger partial charge in [-0.25, -0.2) is 4.68 Å². The standard InChI is InChI=1S/C30H35N5O4/c1-20(2)14-15-31-30(37)29(22-12-10-21(3)11-13-22)35(23-16-24(38-4)18-25(17-23)39-5)28(36)19-34-27-9-7-6-8-26(27)32-33-34/h6-13,16-18,20,29H,14-15,19H2,1-5H3,(H,31,37). The van der Waals surface area contributed by atoms with E-state index in [1.54, 1.807) is 37.1 Å². The minimum absolute atomic E-state index is 0.123. The quantitative estimate of drug-likeness (QED) is 0.303. The highest BCUT2D eigenvalue weighted by molar-refractivity contribution is 6.02. The Bertz CT molecular complexity index is 1410. The van der Waals surface area contributed by atoms with Crippen LogP contribution in [0.5, 0.6) is 11.5 Å². The van der Waals surface area contributed by atoms with E-state index in [9.17, 15) is 9.59 Å². The number of hydrogen-bond acceptors (Lipinski definition) is 6. The lowest BCUT2D eigenvalue weighted by molar-refractivity contribution is -0.127. The highest BCUT2D eigenvalue weighted by Gasteiger charge is 2.34. The van der Waals surface area contributed by atoms with E-state index in [1.807, 2.05) is 55.5 Å². The van der Waals surface area contributed by atoms with Crippen LogP contribution in [0.4, 0.5) is 5.69 Å². The number of hydrogen-bond donors (Lipinski definition) is 1. The molecule has 9 nitrogen and oxygen atoms in total. The van der Waals surface area contributed by atoms with E-state index in [0.29, 0.717) is 40.7 Å². The van der Waals surface area contributed by atoms with Crippen molar-refractivity contribution in [2.45, 2.75) is 39.8 Å². The summed E-state index contributed by atoms with van der Waals surface area (Å²) < 4.78 is 12.5. The summed E-state index contributed by atoms with van der Waals surface area (Å²) in [5, 5.41) is 11.4. The van der Waals surface area contributed by atoms with E-state index in [2.05, 4.69) is 29.5 Å². The molecule has 0 spiro atoms. The van der Waals surface area contributed by atoms with Crippen LogP contribution in [0.25, 0.3) is 11.0 Å². The van der Waals surface area contributed by atoms with Gasteiger partial charge < -0.3 is 14.8 Å². The van der Waals surface area contributed by atoms with Gasteiger partial charge in [0.2, 0.25) is 11.8 Å². The van der Waals surface area contributed by atoms with Gasteiger partial charge in [0, 0.05) is 24.7 Å². The lowest BCUT2D eigenvalue weighted by Crippen LogP contribution is -2.45. The number of anilines is 1. The Labute approximate surface area is 228 Å². The Kier molecular flexibility index (Phi) is 8.81. The van der Waals surface area contributed by atoms with E-state index in [-0.39, 0.29) is 18.4 Å². The lowest BCUT2D eigenvalue weighted by atomic mass is 10.0. The first-order valence-corrected chi connectivity index (χ1v) is 13.0. The summed E-state index contributed by atoms with van der Waals surface area (Å²) in [5.41, 5.74) is 3.60. The zero-order valence-corrected chi connectivity index (χ0v) is 23.0. The average Bonchev–Trinajstić information content (AvgIpc) is 3.34. The predicted molar refractivity (Wildman–Crippen MR) is 151 cm³/mol. The number of aryl methyl sites for hydroxylation is 1. The first-order chi connectivity index (χ1) is 18.8. The summed E-state index contributed by atoms with van der Waals surface area (Å²) in [6.07, 6.45) is 0.818. The Morgan fingerprint density at radius 3 is 2.28 bits per heavy atom. The molecule has 0 aliphatic carbocycles. The SMILES string of the molecule is COc1cc(OC)cc(N(C(=O)Cn2nnc3ccccc32)C(C(=O)NCCC(C)C)c2ccc(C)cc2)c1. The molecule has 204 valence electrons. The maximum absolute atomic E-state index is 14.2. The first kappa shape index (κ1) is 27.6. The number of benzene rings is 3.